The summed E-state index contributed by atoms with van der Waals surface area (Å²) in [6, 6.07) is 4.54. The number of piperidine rings is 1. The summed E-state index contributed by atoms with van der Waals surface area (Å²) < 4.78 is 58.8. The van der Waals surface area contributed by atoms with Crippen LogP contribution in [-0.2, 0) is 15.5 Å². The topological polar surface area (TPSA) is 113 Å². The van der Waals surface area contributed by atoms with Crippen LogP contribution < -0.4 is 11.1 Å². The Morgan fingerprint density at radius 1 is 1.08 bits per heavy atom. The number of nitrogens with zero attached hydrogens (tertiary/aromatic N) is 1. The highest BCUT2D eigenvalue weighted by Crippen LogP contribution is 2.45. The fourth-order valence-corrected chi connectivity index (χ4v) is 5.23. The van der Waals surface area contributed by atoms with Gasteiger partial charge < -0.3 is 21.1 Å². The SMILES string of the molecule is Cc1cc(NC(=O)c2ccc(F)c(C(F)(F)C(=O)N3[C@@H]4CC[C@H]3CC(O)(CC(N)=O)C4)c2)ccc1F. The minimum absolute atomic E-state index is 0.101. The maximum atomic E-state index is 15.4. The van der Waals surface area contributed by atoms with Gasteiger partial charge in [0.15, 0.2) is 0 Å². The average molecular weight is 507 g/mol. The summed E-state index contributed by atoms with van der Waals surface area (Å²) in [6.45, 7) is 1.48. The molecule has 2 saturated heterocycles. The predicted octanol–water partition coefficient (Wildman–Crippen LogP) is 3.38. The van der Waals surface area contributed by atoms with Crippen molar-refractivity contribution in [3.05, 3.63) is 64.7 Å². The fraction of sp³-hybridized carbons (Fsp3) is 0.400. The fourth-order valence-electron chi connectivity index (χ4n) is 5.23. The second-order valence-corrected chi connectivity index (χ2v) is 9.56. The van der Waals surface area contributed by atoms with E-state index in [1.54, 1.807) is 0 Å². The number of halogens is 4. The molecule has 11 heteroatoms. The van der Waals surface area contributed by atoms with Crippen molar-refractivity contribution in [2.75, 3.05) is 5.32 Å². The number of nitrogens with one attached hydrogen (secondary N) is 1. The number of aliphatic hydroxyl groups is 1. The number of carbonyl (C=O) groups is 3. The molecule has 0 aliphatic carbocycles. The van der Waals surface area contributed by atoms with Crippen molar-refractivity contribution >= 4 is 23.4 Å². The lowest BCUT2D eigenvalue weighted by Crippen LogP contribution is -2.57. The van der Waals surface area contributed by atoms with Gasteiger partial charge in [0.25, 0.3) is 11.8 Å². The molecule has 36 heavy (non-hydrogen) atoms. The van der Waals surface area contributed by atoms with Gasteiger partial charge >= 0.3 is 5.92 Å². The number of amides is 3. The lowest BCUT2D eigenvalue weighted by Gasteiger charge is -2.44. The van der Waals surface area contributed by atoms with Crippen LogP contribution >= 0.6 is 0 Å². The Hall–Kier alpha value is -3.47. The molecule has 0 aromatic heterocycles. The molecular weight excluding hydrogens is 482 g/mol. The number of hydrogen-bond donors (Lipinski definition) is 3. The minimum atomic E-state index is -4.30. The third kappa shape index (κ3) is 4.79. The van der Waals surface area contributed by atoms with E-state index in [1.165, 1.54) is 19.1 Å². The molecule has 2 bridgehead atoms. The number of primary amides is 1. The molecule has 4 rings (SSSR count). The van der Waals surface area contributed by atoms with E-state index in [1.807, 2.05) is 0 Å². The van der Waals surface area contributed by atoms with Crippen molar-refractivity contribution in [3.8, 4) is 0 Å². The van der Waals surface area contributed by atoms with E-state index in [0.29, 0.717) is 25.0 Å². The number of alkyl halides is 2. The molecule has 0 radical (unpaired) electrons. The van der Waals surface area contributed by atoms with E-state index in [4.69, 9.17) is 5.73 Å². The summed E-state index contributed by atoms with van der Waals surface area (Å²) >= 11 is 0. The first-order valence-corrected chi connectivity index (χ1v) is 11.4. The molecule has 0 spiro atoms. The zero-order valence-corrected chi connectivity index (χ0v) is 19.4. The minimum Gasteiger partial charge on any atom is -0.389 e. The number of anilines is 1. The number of hydrogen-bond acceptors (Lipinski definition) is 4. The lowest BCUT2D eigenvalue weighted by atomic mass is 9.83. The summed E-state index contributed by atoms with van der Waals surface area (Å²) in [7, 11) is 0. The largest absolute Gasteiger partial charge is 0.389 e. The van der Waals surface area contributed by atoms with Crippen molar-refractivity contribution in [1.82, 2.24) is 4.90 Å². The third-order valence-corrected chi connectivity index (χ3v) is 6.84. The first-order chi connectivity index (χ1) is 16.8. The van der Waals surface area contributed by atoms with Gasteiger partial charge in [-0.05, 0) is 74.6 Å². The molecular formula is C25H25F4N3O4. The standard InChI is InChI=1S/C25H25F4N3O4/c1-13-8-15(3-7-19(13)26)31-22(34)14-2-6-20(27)18(9-14)25(28,29)23(35)32-16-4-5-17(32)11-24(36,10-16)12-21(30)33/h2-3,6-9,16-17,36H,4-5,10-12H2,1H3,(H2,30,33)(H,31,34)/t16-,17+,24?. The Labute approximate surface area is 204 Å². The van der Waals surface area contributed by atoms with Crippen LogP contribution in [0.3, 0.4) is 0 Å². The summed E-state index contributed by atoms with van der Waals surface area (Å²) in [5.74, 6) is -9.38. The highest BCUT2D eigenvalue weighted by atomic mass is 19.3. The lowest BCUT2D eigenvalue weighted by molar-refractivity contribution is -0.169. The van der Waals surface area contributed by atoms with Gasteiger partial charge in [-0.15, -0.1) is 0 Å². The number of rotatable bonds is 6. The molecule has 3 atom stereocenters. The molecule has 0 saturated carbocycles. The van der Waals surface area contributed by atoms with Crippen LogP contribution in [0.2, 0.25) is 0 Å². The molecule has 1 unspecified atom stereocenters. The van der Waals surface area contributed by atoms with Gasteiger partial charge in [-0.1, -0.05) is 0 Å². The van der Waals surface area contributed by atoms with Gasteiger partial charge in [0.2, 0.25) is 5.91 Å². The Kier molecular flexibility index (Phi) is 6.54. The smallest absolute Gasteiger partial charge is 0.352 e. The van der Waals surface area contributed by atoms with E-state index in [9.17, 15) is 28.3 Å². The van der Waals surface area contributed by atoms with Crippen molar-refractivity contribution in [3.63, 3.8) is 0 Å². The van der Waals surface area contributed by atoms with Crippen LogP contribution in [0.25, 0.3) is 0 Å². The van der Waals surface area contributed by atoms with Crippen LogP contribution in [0.15, 0.2) is 36.4 Å². The van der Waals surface area contributed by atoms with Gasteiger partial charge in [-0.3, -0.25) is 14.4 Å². The van der Waals surface area contributed by atoms with E-state index >= 15 is 8.78 Å². The number of benzene rings is 2. The quantitative estimate of drug-likeness (QED) is 0.521. The van der Waals surface area contributed by atoms with Crippen LogP contribution in [0.5, 0.6) is 0 Å². The average Bonchev–Trinajstić information content (AvgIpc) is 3.06. The number of fused-ring (bicyclic) bond motifs is 2. The van der Waals surface area contributed by atoms with Crippen molar-refractivity contribution < 1.29 is 37.1 Å². The van der Waals surface area contributed by atoms with Crippen LogP contribution in [0.1, 0.15) is 53.6 Å². The molecule has 2 aliphatic heterocycles. The molecule has 7 nitrogen and oxygen atoms in total. The second-order valence-electron chi connectivity index (χ2n) is 9.56. The molecule has 2 fully saturated rings. The van der Waals surface area contributed by atoms with E-state index in [2.05, 4.69) is 5.32 Å². The Balaban J connectivity index is 1.57. The Morgan fingerprint density at radius 2 is 1.69 bits per heavy atom. The van der Waals surface area contributed by atoms with E-state index < -0.39 is 58.5 Å². The van der Waals surface area contributed by atoms with Gasteiger partial charge in [0.1, 0.15) is 11.6 Å². The predicted molar refractivity (Wildman–Crippen MR) is 121 cm³/mol. The maximum absolute atomic E-state index is 15.4. The molecule has 192 valence electrons. The highest BCUT2D eigenvalue weighted by Gasteiger charge is 2.56. The zero-order chi connectivity index (χ0) is 26.4. The van der Waals surface area contributed by atoms with Crippen molar-refractivity contribution in [1.29, 1.82) is 0 Å². The second kappa shape index (κ2) is 9.20. The number of aryl methyl sites for hydroxylation is 1. The van der Waals surface area contributed by atoms with Gasteiger partial charge in [0.05, 0.1) is 17.6 Å². The third-order valence-electron chi connectivity index (χ3n) is 6.84. The molecule has 2 aliphatic rings. The van der Waals surface area contributed by atoms with E-state index in [-0.39, 0.29) is 36.1 Å². The normalized spacial score (nSPS) is 23.4. The Morgan fingerprint density at radius 3 is 2.28 bits per heavy atom. The number of nitrogens with two attached hydrogens (primary N) is 1. The maximum Gasteiger partial charge on any atom is 0.352 e. The van der Waals surface area contributed by atoms with Gasteiger partial charge in [-0.25, -0.2) is 8.78 Å². The Bertz CT molecular complexity index is 1220. The van der Waals surface area contributed by atoms with Crippen LogP contribution in [-0.4, -0.2) is 45.4 Å². The van der Waals surface area contributed by atoms with Crippen LogP contribution in [0, 0.1) is 18.6 Å². The summed E-state index contributed by atoms with van der Waals surface area (Å²) in [4.78, 5) is 37.9. The highest BCUT2D eigenvalue weighted by molar-refractivity contribution is 6.04. The molecule has 4 N–H and O–H groups in total. The summed E-state index contributed by atoms with van der Waals surface area (Å²) in [5.41, 5.74) is 2.58. The van der Waals surface area contributed by atoms with Gasteiger partial charge in [-0.2, -0.15) is 8.78 Å². The van der Waals surface area contributed by atoms with Gasteiger partial charge in [0, 0.05) is 23.3 Å². The molecule has 2 aromatic carbocycles. The van der Waals surface area contributed by atoms with Crippen LogP contribution in [0.4, 0.5) is 23.2 Å². The zero-order valence-electron chi connectivity index (χ0n) is 19.4. The van der Waals surface area contributed by atoms with E-state index in [0.717, 1.165) is 17.0 Å². The van der Waals surface area contributed by atoms with Crippen molar-refractivity contribution in [2.24, 2.45) is 5.73 Å². The summed E-state index contributed by atoms with van der Waals surface area (Å²) in [6.07, 6.45) is 0.134. The first-order valence-electron chi connectivity index (χ1n) is 11.4. The molecule has 3 amide bonds. The molecule has 2 aromatic rings. The monoisotopic (exact) mass is 507 g/mol. The number of carbonyl (C=O) groups excluding carboxylic acids is 3. The first kappa shape index (κ1) is 25.6. The summed E-state index contributed by atoms with van der Waals surface area (Å²) in [5, 5.41) is 13.1. The molecule has 2 heterocycles. The van der Waals surface area contributed by atoms with Crippen molar-refractivity contribution in [2.45, 2.75) is 62.6 Å².